The highest BCUT2D eigenvalue weighted by atomic mass is 16.3. The molecule has 256 valence electrons. The quantitative estimate of drug-likeness (QED) is 0.241. The molecule has 5 rings (SSSR count). The number of rotatable bonds is 6. The van der Waals surface area contributed by atoms with Crippen LogP contribution in [0.3, 0.4) is 0 Å². The Morgan fingerprint density at radius 3 is 2.05 bits per heavy atom. The summed E-state index contributed by atoms with van der Waals surface area (Å²) in [4.78, 5) is 0. The first kappa shape index (κ1) is 35.2. The van der Waals surface area contributed by atoms with Gasteiger partial charge in [-0.05, 0) is 134 Å². The lowest BCUT2D eigenvalue weighted by molar-refractivity contribution is -0.280. The topological polar surface area (TPSA) is 80.9 Å². The molecule has 4 N–H and O–H groups in total. The molecular formula is C40H72O4. The Labute approximate surface area is 271 Å². The van der Waals surface area contributed by atoms with E-state index in [2.05, 4.69) is 62.3 Å². The fraction of sp³-hybridized carbons (Fsp3) is 1.00. The maximum absolute atomic E-state index is 12.5. The normalized spacial score (nSPS) is 52.8. The summed E-state index contributed by atoms with van der Waals surface area (Å²) in [5.74, 6) is 4.17. The van der Waals surface area contributed by atoms with Crippen molar-refractivity contribution >= 4 is 0 Å². The molecule has 0 bridgehead atoms. The zero-order valence-electron chi connectivity index (χ0n) is 30.4. The van der Waals surface area contributed by atoms with Gasteiger partial charge in [-0.25, -0.2) is 0 Å². The van der Waals surface area contributed by atoms with Crippen LogP contribution in [0.2, 0.25) is 0 Å². The van der Waals surface area contributed by atoms with E-state index >= 15 is 0 Å². The zero-order chi connectivity index (χ0) is 32.6. The van der Waals surface area contributed by atoms with Crippen molar-refractivity contribution < 1.29 is 20.4 Å². The van der Waals surface area contributed by atoms with Gasteiger partial charge in [-0.2, -0.15) is 0 Å². The van der Waals surface area contributed by atoms with Crippen molar-refractivity contribution in [2.24, 2.45) is 80.8 Å². The molecular weight excluding hydrogens is 544 g/mol. The van der Waals surface area contributed by atoms with Crippen molar-refractivity contribution in [3.63, 3.8) is 0 Å². The van der Waals surface area contributed by atoms with Crippen LogP contribution in [0.1, 0.15) is 146 Å². The molecule has 15 atom stereocenters. The summed E-state index contributed by atoms with van der Waals surface area (Å²) in [7, 11) is 0. The van der Waals surface area contributed by atoms with Crippen LogP contribution in [0.25, 0.3) is 0 Å². The van der Waals surface area contributed by atoms with Crippen molar-refractivity contribution in [3.8, 4) is 0 Å². The molecule has 0 spiro atoms. The Bertz CT molecular complexity index is 980. The van der Waals surface area contributed by atoms with Crippen LogP contribution in [0.15, 0.2) is 0 Å². The van der Waals surface area contributed by atoms with Gasteiger partial charge in [0.1, 0.15) is 0 Å². The monoisotopic (exact) mass is 617 g/mol. The number of hydrogen-bond acceptors (Lipinski definition) is 4. The zero-order valence-corrected chi connectivity index (χ0v) is 30.4. The van der Waals surface area contributed by atoms with Crippen LogP contribution < -0.4 is 0 Å². The molecule has 0 heterocycles. The Balaban J connectivity index is 1.33. The van der Waals surface area contributed by atoms with Crippen molar-refractivity contribution in [1.82, 2.24) is 0 Å². The van der Waals surface area contributed by atoms with E-state index in [0.717, 1.165) is 38.0 Å². The molecule has 15 unspecified atom stereocenters. The fourth-order valence-electron chi connectivity index (χ4n) is 13.6. The summed E-state index contributed by atoms with van der Waals surface area (Å²) in [5.41, 5.74) is 0.00654. The Morgan fingerprint density at radius 1 is 0.818 bits per heavy atom. The minimum absolute atomic E-state index is 0.0177. The molecule has 0 radical (unpaired) electrons. The number of aliphatic hydroxyl groups excluding tert-OH is 4. The molecule has 5 saturated carbocycles. The molecule has 5 fully saturated rings. The van der Waals surface area contributed by atoms with Crippen LogP contribution >= 0.6 is 0 Å². The van der Waals surface area contributed by atoms with Gasteiger partial charge in [0.05, 0.1) is 24.4 Å². The van der Waals surface area contributed by atoms with E-state index in [9.17, 15) is 20.4 Å². The van der Waals surface area contributed by atoms with Crippen molar-refractivity contribution in [2.45, 2.75) is 171 Å². The van der Waals surface area contributed by atoms with Gasteiger partial charge >= 0.3 is 0 Å². The predicted molar refractivity (Wildman–Crippen MR) is 181 cm³/mol. The minimum Gasteiger partial charge on any atom is -0.393 e. The molecule has 44 heavy (non-hydrogen) atoms. The molecule has 0 aromatic heterocycles. The molecule has 0 aromatic rings. The smallest absolute Gasteiger partial charge is 0.0656 e. The SMILES string of the molecule is CC(O)C1C(C)CC2(C)CC3(C)CC4C(C5CCC(CC(O)CCC(C)(C)C)CC5)CCC(C)C4C(O)C3C(C)C2(C)C1O. The minimum atomic E-state index is -0.556. The van der Waals surface area contributed by atoms with E-state index < -0.39 is 12.2 Å². The summed E-state index contributed by atoms with van der Waals surface area (Å²) < 4.78 is 0. The van der Waals surface area contributed by atoms with Crippen LogP contribution in [-0.2, 0) is 0 Å². The highest BCUT2D eigenvalue weighted by Crippen LogP contribution is 2.73. The highest BCUT2D eigenvalue weighted by molar-refractivity contribution is 5.18. The predicted octanol–water partition coefficient (Wildman–Crippen LogP) is 8.49. The standard InChI is InChI=1S/C40H72O4/c1-23-11-16-30(28-14-12-27(13-15-28)19-29(42)17-18-37(5,6)7)31-21-38(8)22-39(9)20-24(2)32(26(4)41)36(44)40(39,10)25(3)34(38)35(43)33(23)31/h23-36,41-44H,11-22H2,1-10H3. The molecule has 0 saturated heterocycles. The van der Waals surface area contributed by atoms with E-state index in [0.29, 0.717) is 29.6 Å². The van der Waals surface area contributed by atoms with Crippen molar-refractivity contribution in [2.75, 3.05) is 0 Å². The lowest BCUT2D eigenvalue weighted by Crippen LogP contribution is -2.70. The van der Waals surface area contributed by atoms with Crippen LogP contribution in [0.4, 0.5) is 0 Å². The summed E-state index contributed by atoms with van der Waals surface area (Å²) in [6.45, 7) is 23.0. The molecule has 5 aliphatic rings. The van der Waals surface area contributed by atoms with Crippen molar-refractivity contribution in [1.29, 1.82) is 0 Å². The summed E-state index contributed by atoms with van der Waals surface area (Å²) in [6.07, 6.45) is 12.4. The van der Waals surface area contributed by atoms with Gasteiger partial charge in [-0.15, -0.1) is 0 Å². The Morgan fingerprint density at radius 2 is 1.45 bits per heavy atom. The second-order valence-electron chi connectivity index (χ2n) is 19.9. The number of hydrogen-bond donors (Lipinski definition) is 4. The van der Waals surface area contributed by atoms with Gasteiger partial charge in [-0.3, -0.25) is 0 Å². The largest absolute Gasteiger partial charge is 0.393 e. The van der Waals surface area contributed by atoms with Gasteiger partial charge in [-0.1, -0.05) is 81.6 Å². The van der Waals surface area contributed by atoms with E-state index in [4.69, 9.17) is 0 Å². The maximum atomic E-state index is 12.5. The first-order valence-corrected chi connectivity index (χ1v) is 19.1. The molecule has 0 aromatic carbocycles. The lowest BCUT2D eigenvalue weighted by atomic mass is 9.34. The summed E-state index contributed by atoms with van der Waals surface area (Å²) in [6, 6.07) is 0. The molecule has 5 aliphatic carbocycles. The van der Waals surface area contributed by atoms with E-state index in [1.165, 1.54) is 44.9 Å². The van der Waals surface area contributed by atoms with Gasteiger partial charge < -0.3 is 20.4 Å². The lowest BCUT2D eigenvalue weighted by Gasteiger charge is -2.72. The van der Waals surface area contributed by atoms with Gasteiger partial charge in [0.2, 0.25) is 0 Å². The third-order valence-electron chi connectivity index (χ3n) is 15.8. The summed E-state index contributed by atoms with van der Waals surface area (Å²) in [5, 5.41) is 46.1. The maximum Gasteiger partial charge on any atom is 0.0656 e. The third kappa shape index (κ3) is 6.00. The average Bonchev–Trinajstić information content (AvgIpc) is 2.89. The number of aliphatic hydroxyl groups is 4. The summed E-state index contributed by atoms with van der Waals surface area (Å²) >= 11 is 0. The molecule has 0 aliphatic heterocycles. The van der Waals surface area contributed by atoms with E-state index in [1.54, 1.807) is 0 Å². The second kappa shape index (κ2) is 12.4. The Kier molecular flexibility index (Phi) is 9.89. The molecule has 4 heteroatoms. The third-order valence-corrected chi connectivity index (χ3v) is 15.8. The van der Waals surface area contributed by atoms with E-state index in [-0.39, 0.29) is 57.5 Å². The first-order valence-electron chi connectivity index (χ1n) is 19.1. The van der Waals surface area contributed by atoms with Gasteiger partial charge in [0, 0.05) is 11.3 Å². The molecule has 4 nitrogen and oxygen atoms in total. The fourth-order valence-corrected chi connectivity index (χ4v) is 13.6. The van der Waals surface area contributed by atoms with Crippen LogP contribution in [0, 0.1) is 80.8 Å². The van der Waals surface area contributed by atoms with Crippen LogP contribution in [0.5, 0.6) is 0 Å². The average molecular weight is 617 g/mol. The second-order valence-corrected chi connectivity index (χ2v) is 19.9. The first-order chi connectivity index (χ1) is 20.3. The van der Waals surface area contributed by atoms with Gasteiger partial charge in [0.25, 0.3) is 0 Å². The molecule has 0 amide bonds. The van der Waals surface area contributed by atoms with E-state index in [1.807, 2.05) is 6.92 Å². The number of fused-ring (bicyclic) bond motifs is 3. The van der Waals surface area contributed by atoms with Crippen molar-refractivity contribution in [3.05, 3.63) is 0 Å². The highest BCUT2D eigenvalue weighted by Gasteiger charge is 2.70. The van der Waals surface area contributed by atoms with Crippen LogP contribution in [-0.4, -0.2) is 44.8 Å². The van der Waals surface area contributed by atoms with Gasteiger partial charge in [0.15, 0.2) is 0 Å². The Hall–Kier alpha value is -0.160.